The maximum atomic E-state index is 12.5. The summed E-state index contributed by atoms with van der Waals surface area (Å²) in [6.07, 6.45) is 8.03. The van der Waals surface area contributed by atoms with Gasteiger partial charge in [-0.3, -0.25) is 9.69 Å². The number of halogens is 2. The van der Waals surface area contributed by atoms with Gasteiger partial charge in [-0.2, -0.15) is 0 Å². The molecule has 1 heterocycles. The lowest BCUT2D eigenvalue weighted by atomic mass is 9.92. The Morgan fingerprint density at radius 1 is 1.04 bits per heavy atom. The van der Waals surface area contributed by atoms with Crippen molar-refractivity contribution in [2.24, 2.45) is 5.92 Å². The van der Waals surface area contributed by atoms with Crippen LogP contribution >= 0.6 is 23.2 Å². The predicted molar refractivity (Wildman–Crippen MR) is 99.5 cm³/mol. The second-order valence-electron chi connectivity index (χ2n) is 7.14. The van der Waals surface area contributed by atoms with Gasteiger partial charge in [0.2, 0.25) is 5.91 Å². The third kappa shape index (κ3) is 4.87. The first kappa shape index (κ1) is 18.0. The average molecular weight is 369 g/mol. The molecule has 2 fully saturated rings. The topological polar surface area (TPSA) is 32.3 Å². The van der Waals surface area contributed by atoms with Gasteiger partial charge >= 0.3 is 0 Å². The minimum absolute atomic E-state index is 0.178. The Morgan fingerprint density at radius 2 is 1.75 bits per heavy atom. The summed E-state index contributed by atoms with van der Waals surface area (Å²) in [5.74, 6) is 0.452. The van der Waals surface area contributed by atoms with Crippen molar-refractivity contribution in [2.75, 3.05) is 13.1 Å². The second kappa shape index (κ2) is 8.55. The first-order valence-corrected chi connectivity index (χ1v) is 9.84. The lowest BCUT2D eigenvalue weighted by Gasteiger charge is -2.32. The maximum Gasteiger partial charge on any atom is 0.223 e. The Morgan fingerprint density at radius 3 is 2.42 bits per heavy atom. The number of hydrogen-bond acceptors (Lipinski definition) is 2. The van der Waals surface area contributed by atoms with Gasteiger partial charge in [-0.25, -0.2) is 0 Å². The van der Waals surface area contributed by atoms with Gasteiger partial charge in [-0.05, 0) is 56.5 Å². The summed E-state index contributed by atoms with van der Waals surface area (Å²) < 4.78 is 0. The fraction of sp³-hybridized carbons (Fsp3) is 0.632. The van der Waals surface area contributed by atoms with E-state index < -0.39 is 0 Å². The molecule has 3 nitrogen and oxygen atoms in total. The third-order valence-electron chi connectivity index (χ3n) is 5.30. The highest BCUT2D eigenvalue weighted by Gasteiger charge is 2.27. The maximum absolute atomic E-state index is 12.5. The van der Waals surface area contributed by atoms with Gasteiger partial charge in [0.05, 0.1) is 10.0 Å². The average Bonchev–Trinajstić information content (AvgIpc) is 2.60. The summed E-state index contributed by atoms with van der Waals surface area (Å²) in [4.78, 5) is 14.8. The standard InChI is InChI=1S/C19H26Cl2N2O/c20-17-7-6-14(12-18(17)21)13-23-10-8-15(9-11-23)19(24)22-16-4-2-1-3-5-16/h6-7,12,15-16H,1-5,8-11,13H2,(H,22,24). The SMILES string of the molecule is O=C(NC1CCCCC1)C1CCN(Cc2ccc(Cl)c(Cl)c2)CC1. The fourth-order valence-corrected chi connectivity index (χ4v) is 4.14. The van der Waals surface area contributed by atoms with Crippen LogP contribution in [-0.2, 0) is 11.3 Å². The summed E-state index contributed by atoms with van der Waals surface area (Å²) in [6.45, 7) is 2.79. The molecule has 1 saturated carbocycles. The lowest BCUT2D eigenvalue weighted by molar-refractivity contribution is -0.127. The summed E-state index contributed by atoms with van der Waals surface area (Å²) in [5, 5.41) is 4.48. The molecule has 132 valence electrons. The number of piperidine rings is 1. The molecule has 1 aliphatic heterocycles. The molecule has 1 amide bonds. The Balaban J connectivity index is 1.44. The Bertz CT molecular complexity index is 564. The van der Waals surface area contributed by atoms with Crippen LogP contribution in [0.1, 0.15) is 50.5 Å². The van der Waals surface area contributed by atoms with Crippen molar-refractivity contribution in [3.63, 3.8) is 0 Å². The summed E-state index contributed by atoms with van der Waals surface area (Å²) in [6, 6.07) is 6.23. The molecule has 0 bridgehead atoms. The van der Waals surface area contributed by atoms with Gasteiger partial charge in [-0.15, -0.1) is 0 Å². The van der Waals surface area contributed by atoms with Crippen LogP contribution in [0.25, 0.3) is 0 Å². The minimum Gasteiger partial charge on any atom is -0.353 e. The van der Waals surface area contributed by atoms with Gasteiger partial charge in [-0.1, -0.05) is 48.5 Å². The third-order valence-corrected chi connectivity index (χ3v) is 6.04. The molecular formula is C19H26Cl2N2O. The molecular weight excluding hydrogens is 343 g/mol. The van der Waals surface area contributed by atoms with E-state index in [-0.39, 0.29) is 11.8 Å². The number of amides is 1. The van der Waals surface area contributed by atoms with E-state index in [1.54, 1.807) is 0 Å². The number of nitrogens with one attached hydrogen (secondary N) is 1. The molecule has 0 unspecified atom stereocenters. The summed E-state index contributed by atoms with van der Waals surface area (Å²) >= 11 is 12.1. The molecule has 2 aliphatic rings. The van der Waals surface area contributed by atoms with Crippen LogP contribution in [0.4, 0.5) is 0 Å². The van der Waals surface area contributed by atoms with Gasteiger partial charge < -0.3 is 5.32 Å². The highest BCUT2D eigenvalue weighted by atomic mass is 35.5. The molecule has 1 aromatic rings. The number of nitrogens with zero attached hydrogens (tertiary/aromatic N) is 1. The lowest BCUT2D eigenvalue weighted by Crippen LogP contribution is -2.44. The monoisotopic (exact) mass is 368 g/mol. The first-order chi connectivity index (χ1) is 11.6. The molecule has 0 atom stereocenters. The van der Waals surface area contributed by atoms with E-state index in [0.29, 0.717) is 16.1 Å². The number of carbonyl (C=O) groups excluding carboxylic acids is 1. The van der Waals surface area contributed by atoms with E-state index in [1.807, 2.05) is 18.2 Å². The largest absolute Gasteiger partial charge is 0.353 e. The summed E-state index contributed by atoms with van der Waals surface area (Å²) in [7, 11) is 0. The molecule has 0 aromatic heterocycles. The summed E-state index contributed by atoms with van der Waals surface area (Å²) in [5.41, 5.74) is 1.18. The Kier molecular flexibility index (Phi) is 6.43. The van der Waals surface area contributed by atoms with Gasteiger partial charge in [0.25, 0.3) is 0 Å². The van der Waals surface area contributed by atoms with E-state index in [4.69, 9.17) is 23.2 Å². The zero-order chi connectivity index (χ0) is 16.9. The first-order valence-electron chi connectivity index (χ1n) is 9.08. The highest BCUT2D eigenvalue weighted by Crippen LogP contribution is 2.25. The molecule has 1 aromatic carbocycles. The number of hydrogen-bond donors (Lipinski definition) is 1. The number of likely N-dealkylation sites (tertiary alicyclic amines) is 1. The molecule has 3 rings (SSSR count). The van der Waals surface area contributed by atoms with Gasteiger partial charge in [0.15, 0.2) is 0 Å². The van der Waals surface area contributed by atoms with Crippen LogP contribution in [0.2, 0.25) is 10.0 Å². The molecule has 1 saturated heterocycles. The molecule has 1 aliphatic carbocycles. The van der Waals surface area contributed by atoms with Gasteiger partial charge in [0.1, 0.15) is 0 Å². The number of benzene rings is 1. The highest BCUT2D eigenvalue weighted by molar-refractivity contribution is 6.42. The van der Waals surface area contributed by atoms with Crippen molar-refractivity contribution in [3.05, 3.63) is 33.8 Å². The molecule has 0 radical (unpaired) electrons. The van der Waals surface area contributed by atoms with Crippen molar-refractivity contribution in [3.8, 4) is 0 Å². The Hall–Kier alpha value is -0.770. The Labute approximate surface area is 154 Å². The van der Waals surface area contributed by atoms with Crippen molar-refractivity contribution < 1.29 is 4.79 Å². The number of carbonyl (C=O) groups is 1. The van der Waals surface area contributed by atoms with E-state index in [0.717, 1.165) is 45.3 Å². The van der Waals surface area contributed by atoms with Gasteiger partial charge in [0, 0.05) is 18.5 Å². The van der Waals surface area contributed by atoms with E-state index in [1.165, 1.54) is 24.8 Å². The van der Waals surface area contributed by atoms with Crippen molar-refractivity contribution in [1.29, 1.82) is 0 Å². The van der Waals surface area contributed by atoms with Crippen LogP contribution in [0.5, 0.6) is 0 Å². The quantitative estimate of drug-likeness (QED) is 0.838. The predicted octanol–water partition coefficient (Wildman–Crippen LogP) is 4.65. The molecule has 24 heavy (non-hydrogen) atoms. The normalized spacial score (nSPS) is 20.9. The van der Waals surface area contributed by atoms with Crippen LogP contribution in [-0.4, -0.2) is 29.9 Å². The van der Waals surface area contributed by atoms with Crippen LogP contribution in [0, 0.1) is 5.92 Å². The van der Waals surface area contributed by atoms with E-state index in [9.17, 15) is 4.79 Å². The van der Waals surface area contributed by atoms with Crippen molar-refractivity contribution >= 4 is 29.1 Å². The van der Waals surface area contributed by atoms with E-state index >= 15 is 0 Å². The van der Waals surface area contributed by atoms with Crippen molar-refractivity contribution in [1.82, 2.24) is 10.2 Å². The van der Waals surface area contributed by atoms with Crippen LogP contribution in [0.15, 0.2) is 18.2 Å². The minimum atomic E-state index is 0.178. The second-order valence-corrected chi connectivity index (χ2v) is 7.96. The molecule has 0 spiro atoms. The molecule has 5 heteroatoms. The fourth-order valence-electron chi connectivity index (χ4n) is 3.82. The van der Waals surface area contributed by atoms with Crippen LogP contribution < -0.4 is 5.32 Å². The van der Waals surface area contributed by atoms with Crippen molar-refractivity contribution in [2.45, 2.75) is 57.5 Å². The number of rotatable bonds is 4. The van der Waals surface area contributed by atoms with E-state index in [2.05, 4.69) is 10.2 Å². The van der Waals surface area contributed by atoms with Crippen LogP contribution in [0.3, 0.4) is 0 Å². The zero-order valence-electron chi connectivity index (χ0n) is 14.1. The zero-order valence-corrected chi connectivity index (χ0v) is 15.6. The molecule has 1 N–H and O–H groups in total. The smallest absolute Gasteiger partial charge is 0.223 e.